The van der Waals surface area contributed by atoms with Crippen LogP contribution in [0.4, 0.5) is 0 Å². The molecule has 14 heteroatoms. The molecule has 2 aliphatic heterocycles. The third-order valence-electron chi connectivity index (χ3n) is 9.46. The van der Waals surface area contributed by atoms with Crippen molar-refractivity contribution < 1.29 is 29.1 Å². The number of hydrogen-bond acceptors (Lipinski definition) is 8. The molecule has 6 rings (SSSR count). The van der Waals surface area contributed by atoms with Gasteiger partial charge in [0.15, 0.2) is 0 Å². The molecule has 0 saturated carbocycles. The topological polar surface area (TPSA) is 180 Å². The zero-order valence-electron chi connectivity index (χ0n) is 29.0. The van der Waals surface area contributed by atoms with E-state index in [1.54, 1.807) is 30.5 Å². The fraction of sp³-hybridized carbons (Fsp3) is 0.368. The van der Waals surface area contributed by atoms with Crippen LogP contribution in [0.1, 0.15) is 23.1 Å². The second-order valence-corrected chi connectivity index (χ2v) is 13.5. The van der Waals surface area contributed by atoms with Gasteiger partial charge in [-0.1, -0.05) is 54.6 Å². The summed E-state index contributed by atoms with van der Waals surface area (Å²) in [6.07, 6.45) is 4.42. The van der Waals surface area contributed by atoms with Crippen molar-refractivity contribution in [3.63, 3.8) is 0 Å². The number of fused-ring (bicyclic) bond motifs is 2. The van der Waals surface area contributed by atoms with Crippen LogP contribution in [0.5, 0.6) is 0 Å². The summed E-state index contributed by atoms with van der Waals surface area (Å²) in [4.78, 5) is 81.1. The highest BCUT2D eigenvalue weighted by Gasteiger charge is 2.43. The molecule has 5 amide bonds. The van der Waals surface area contributed by atoms with Crippen LogP contribution < -0.4 is 16.0 Å². The molecule has 2 aromatic carbocycles. The molecular formula is C38H44N8O6. The number of aliphatic hydroxyl groups excluding tert-OH is 1. The second-order valence-electron chi connectivity index (χ2n) is 13.5. The molecule has 0 spiro atoms. The Balaban J connectivity index is 1.29. The number of pyridine rings is 1. The number of nitrogens with one attached hydrogen (secondary N) is 4. The lowest BCUT2D eigenvalue weighted by Gasteiger charge is -2.30. The first-order valence-corrected chi connectivity index (χ1v) is 17.4. The van der Waals surface area contributed by atoms with Gasteiger partial charge in [-0.2, -0.15) is 0 Å². The Bertz CT molecular complexity index is 1890. The fourth-order valence-corrected chi connectivity index (χ4v) is 6.89. The molecule has 2 aromatic heterocycles. The van der Waals surface area contributed by atoms with Crippen molar-refractivity contribution in [2.75, 3.05) is 39.8 Å². The molecule has 272 valence electrons. The average molecular weight is 709 g/mol. The quantitative estimate of drug-likeness (QED) is 0.174. The Morgan fingerprint density at radius 1 is 0.923 bits per heavy atom. The highest BCUT2D eigenvalue weighted by molar-refractivity contribution is 5.96. The highest BCUT2D eigenvalue weighted by atomic mass is 16.3. The number of likely N-dealkylation sites (N-methyl/N-ethyl adjacent to an activating group) is 1. The first-order chi connectivity index (χ1) is 25.1. The number of aliphatic hydroxyl groups is 1. The smallest absolute Gasteiger partial charge is 0.246 e. The van der Waals surface area contributed by atoms with Crippen LogP contribution in [0.25, 0.3) is 10.9 Å². The van der Waals surface area contributed by atoms with Crippen molar-refractivity contribution in [3.8, 4) is 0 Å². The van der Waals surface area contributed by atoms with E-state index >= 15 is 0 Å². The van der Waals surface area contributed by atoms with Crippen LogP contribution in [0.2, 0.25) is 0 Å². The molecule has 2 saturated heterocycles. The number of carbonyl (C=O) groups excluding carboxylic acids is 5. The van der Waals surface area contributed by atoms with Gasteiger partial charge in [-0.15, -0.1) is 0 Å². The molecule has 0 aliphatic carbocycles. The van der Waals surface area contributed by atoms with Gasteiger partial charge in [-0.05, 0) is 35.9 Å². The predicted octanol–water partition coefficient (Wildman–Crippen LogP) is 0.370. The lowest BCUT2D eigenvalue weighted by Crippen LogP contribution is -2.57. The van der Waals surface area contributed by atoms with Gasteiger partial charge in [0.05, 0.1) is 19.2 Å². The Hall–Kier alpha value is -5.60. The highest BCUT2D eigenvalue weighted by Crippen LogP contribution is 2.24. The van der Waals surface area contributed by atoms with Gasteiger partial charge < -0.3 is 35.8 Å². The number of rotatable bonds is 8. The number of amides is 5. The van der Waals surface area contributed by atoms with Crippen molar-refractivity contribution in [1.82, 2.24) is 40.6 Å². The van der Waals surface area contributed by atoms with Gasteiger partial charge in [0.25, 0.3) is 0 Å². The van der Waals surface area contributed by atoms with E-state index in [0.717, 1.165) is 27.6 Å². The third kappa shape index (κ3) is 9.00. The lowest BCUT2D eigenvalue weighted by atomic mass is 10.0. The van der Waals surface area contributed by atoms with Crippen LogP contribution in [-0.2, 0) is 43.4 Å². The monoisotopic (exact) mass is 708 g/mol. The number of H-pyrrole nitrogens is 1. The van der Waals surface area contributed by atoms with E-state index in [0.29, 0.717) is 6.54 Å². The number of carbonyl (C=O) groups is 5. The maximum atomic E-state index is 14.4. The van der Waals surface area contributed by atoms with Crippen molar-refractivity contribution in [1.29, 1.82) is 0 Å². The fourth-order valence-electron chi connectivity index (χ4n) is 6.89. The molecule has 4 aromatic rings. The molecule has 4 heterocycles. The molecule has 4 atom stereocenters. The molecule has 0 unspecified atom stereocenters. The summed E-state index contributed by atoms with van der Waals surface area (Å²) >= 11 is 0. The number of aromatic nitrogens is 2. The SMILES string of the molecule is CN(CC(=O)N1CCNC(=O)[C@H](Cc2ccccc2)NC(=O)[C@@H]2C[C@@H](O)CN2C(=O)[C@@H](Cc2c[nH]c3ccccc23)NC(=O)C1)Cc1cccnc1. The van der Waals surface area contributed by atoms with Crippen LogP contribution in [0.15, 0.2) is 85.3 Å². The number of nitrogens with zero attached hydrogens (tertiary/aromatic N) is 4. The third-order valence-corrected chi connectivity index (χ3v) is 9.46. The lowest BCUT2D eigenvalue weighted by molar-refractivity contribution is -0.142. The zero-order valence-corrected chi connectivity index (χ0v) is 29.0. The van der Waals surface area contributed by atoms with Crippen LogP contribution in [0.3, 0.4) is 0 Å². The van der Waals surface area contributed by atoms with Crippen molar-refractivity contribution >= 4 is 40.4 Å². The van der Waals surface area contributed by atoms with Gasteiger partial charge in [0, 0.05) is 74.9 Å². The number of aromatic amines is 1. The van der Waals surface area contributed by atoms with E-state index in [1.165, 1.54) is 9.80 Å². The molecule has 5 N–H and O–H groups in total. The van der Waals surface area contributed by atoms with Crippen molar-refractivity contribution in [2.45, 2.75) is 50.0 Å². The number of hydrogen-bond donors (Lipinski definition) is 5. The zero-order chi connectivity index (χ0) is 36.6. The number of para-hydroxylation sites is 1. The Morgan fingerprint density at radius 2 is 1.69 bits per heavy atom. The van der Waals surface area contributed by atoms with E-state index in [4.69, 9.17) is 0 Å². The standard InChI is InChI=1S/C38H44N8O6/c1-44(21-26-10-7-13-39-19-26)24-35(49)45-15-14-40-36(50)31(16-25-8-3-2-4-9-25)43-37(51)33-18-28(47)22-46(33)38(52)32(42-34(48)23-45)17-27-20-41-30-12-6-5-11-29(27)30/h2-13,19-20,28,31-33,41,47H,14-18,21-24H2,1H3,(H,40,50)(H,42,48)(H,43,51)/t28-,31+,32-,33+/m1/s1. The van der Waals surface area contributed by atoms with E-state index in [1.807, 2.05) is 66.7 Å². The van der Waals surface area contributed by atoms with Gasteiger partial charge in [-0.3, -0.25) is 33.9 Å². The molecular weight excluding hydrogens is 664 g/mol. The van der Waals surface area contributed by atoms with Crippen LogP contribution in [-0.4, -0.2) is 123 Å². The molecule has 14 nitrogen and oxygen atoms in total. The first kappa shape index (κ1) is 36.2. The minimum Gasteiger partial charge on any atom is -0.391 e. The average Bonchev–Trinajstić information content (AvgIpc) is 3.74. The minimum absolute atomic E-state index is 0.00668. The maximum absolute atomic E-state index is 14.4. The summed E-state index contributed by atoms with van der Waals surface area (Å²) < 4.78 is 0. The van der Waals surface area contributed by atoms with Crippen molar-refractivity contribution in [3.05, 3.63) is 102 Å². The summed E-state index contributed by atoms with van der Waals surface area (Å²) in [6, 6.07) is 17.3. The van der Waals surface area contributed by atoms with Gasteiger partial charge in [-0.25, -0.2) is 0 Å². The Labute approximate surface area is 301 Å². The van der Waals surface area contributed by atoms with E-state index in [9.17, 15) is 29.1 Å². The minimum atomic E-state index is -1.12. The summed E-state index contributed by atoms with van der Waals surface area (Å²) in [7, 11) is 1.79. The first-order valence-electron chi connectivity index (χ1n) is 17.4. The molecule has 0 bridgehead atoms. The summed E-state index contributed by atoms with van der Waals surface area (Å²) in [5.41, 5.74) is 3.35. The molecule has 52 heavy (non-hydrogen) atoms. The second kappa shape index (κ2) is 16.6. The molecule has 0 radical (unpaired) electrons. The van der Waals surface area contributed by atoms with Crippen molar-refractivity contribution in [2.24, 2.45) is 0 Å². The van der Waals surface area contributed by atoms with E-state index in [2.05, 4.69) is 25.9 Å². The Kier molecular flexibility index (Phi) is 11.6. The summed E-state index contributed by atoms with van der Waals surface area (Å²) in [5.74, 6) is -2.54. The van der Waals surface area contributed by atoms with Crippen LogP contribution >= 0.6 is 0 Å². The maximum Gasteiger partial charge on any atom is 0.246 e. The molecule has 2 fully saturated rings. The van der Waals surface area contributed by atoms with Gasteiger partial charge in [0.2, 0.25) is 29.5 Å². The van der Waals surface area contributed by atoms with Crippen LogP contribution in [0, 0.1) is 0 Å². The summed E-state index contributed by atoms with van der Waals surface area (Å²) in [6.45, 7) is -0.0520. The predicted molar refractivity (Wildman–Crippen MR) is 192 cm³/mol. The summed E-state index contributed by atoms with van der Waals surface area (Å²) in [5, 5.41) is 20.1. The van der Waals surface area contributed by atoms with Gasteiger partial charge >= 0.3 is 0 Å². The number of benzene rings is 2. The molecule has 2 aliphatic rings. The van der Waals surface area contributed by atoms with E-state index < -0.39 is 47.9 Å². The Morgan fingerprint density at radius 3 is 2.48 bits per heavy atom. The van der Waals surface area contributed by atoms with E-state index in [-0.39, 0.29) is 57.9 Å². The van der Waals surface area contributed by atoms with Gasteiger partial charge in [0.1, 0.15) is 18.1 Å². The normalized spacial score (nSPS) is 22.0. The largest absolute Gasteiger partial charge is 0.391 e.